The van der Waals surface area contributed by atoms with Crippen LogP contribution in [0.4, 0.5) is 4.39 Å². The van der Waals surface area contributed by atoms with Crippen LogP contribution in [0.5, 0.6) is 0 Å². The lowest BCUT2D eigenvalue weighted by atomic mass is 10.0. The van der Waals surface area contributed by atoms with E-state index in [0.29, 0.717) is 5.56 Å². The third-order valence-electron chi connectivity index (χ3n) is 3.08. The minimum atomic E-state index is -0.466. The lowest BCUT2D eigenvalue weighted by Gasteiger charge is -2.03. The first kappa shape index (κ1) is 13.3. The number of H-pyrrole nitrogens is 1. The molecule has 0 saturated heterocycles. The maximum atomic E-state index is 13.1. The van der Waals surface area contributed by atoms with E-state index in [0.717, 1.165) is 21.4 Å². The van der Waals surface area contributed by atoms with Crippen molar-refractivity contribution in [1.29, 1.82) is 0 Å². The van der Waals surface area contributed by atoms with E-state index >= 15 is 0 Å². The lowest BCUT2D eigenvalue weighted by molar-refractivity contribution is 0.104. The fourth-order valence-electron chi connectivity index (χ4n) is 2.14. The Kier molecular flexibility index (Phi) is 3.36. The van der Waals surface area contributed by atoms with Crippen molar-refractivity contribution in [2.45, 2.75) is 0 Å². The molecule has 0 aliphatic heterocycles. The van der Waals surface area contributed by atoms with Gasteiger partial charge in [-0.2, -0.15) is 0 Å². The van der Waals surface area contributed by atoms with Gasteiger partial charge in [-0.15, -0.1) is 0 Å². The third-order valence-corrected chi connectivity index (χ3v) is 4.05. The summed E-state index contributed by atoms with van der Waals surface area (Å²) in [4.78, 5) is 15.6. The number of aromatic nitrogens is 1. The van der Waals surface area contributed by atoms with E-state index in [2.05, 4.69) is 20.9 Å². The fraction of sp³-hybridized carbons (Fsp3) is 0. The summed E-state index contributed by atoms with van der Waals surface area (Å²) in [7, 11) is 0. The van der Waals surface area contributed by atoms with Crippen LogP contribution < -0.4 is 0 Å². The Bertz CT molecular complexity index is 828. The molecule has 0 unspecified atom stereocenters. The average molecular weight is 353 g/mol. The molecule has 100 valence electrons. The molecule has 0 aliphatic carbocycles. The van der Waals surface area contributed by atoms with Crippen molar-refractivity contribution < 1.29 is 9.18 Å². The Morgan fingerprint density at radius 2 is 2.00 bits per heavy atom. The van der Waals surface area contributed by atoms with E-state index < -0.39 is 5.82 Å². The zero-order valence-corrected chi connectivity index (χ0v) is 12.4. The highest BCUT2D eigenvalue weighted by molar-refractivity contribution is 9.10. The van der Waals surface area contributed by atoms with Gasteiger partial charge in [0.25, 0.3) is 0 Å². The van der Waals surface area contributed by atoms with Crippen LogP contribution in [0.3, 0.4) is 0 Å². The number of nitrogens with one attached hydrogen (secondary N) is 1. The van der Waals surface area contributed by atoms with Crippen LogP contribution in [0.2, 0.25) is 5.02 Å². The zero-order chi connectivity index (χ0) is 14.3. The highest BCUT2D eigenvalue weighted by Gasteiger charge is 2.18. The third kappa shape index (κ3) is 2.15. The zero-order valence-electron chi connectivity index (χ0n) is 10.1. The van der Waals surface area contributed by atoms with E-state index in [9.17, 15) is 9.18 Å². The molecule has 0 atom stereocenters. The molecule has 1 aromatic heterocycles. The van der Waals surface area contributed by atoms with Gasteiger partial charge in [-0.25, -0.2) is 4.39 Å². The predicted molar refractivity (Wildman–Crippen MR) is 80.8 cm³/mol. The number of hydrogen-bond donors (Lipinski definition) is 1. The fourth-order valence-corrected chi connectivity index (χ4v) is 2.97. The van der Waals surface area contributed by atoms with Crippen molar-refractivity contribution in [3.05, 3.63) is 69.0 Å². The number of hydrogen-bond acceptors (Lipinski definition) is 1. The van der Waals surface area contributed by atoms with Crippen molar-refractivity contribution in [2.24, 2.45) is 0 Å². The molecular weight excluding hydrogens is 345 g/mol. The monoisotopic (exact) mass is 351 g/mol. The van der Waals surface area contributed by atoms with Crippen molar-refractivity contribution in [3.63, 3.8) is 0 Å². The first-order chi connectivity index (χ1) is 9.58. The minimum absolute atomic E-state index is 0.108. The summed E-state index contributed by atoms with van der Waals surface area (Å²) in [5, 5.41) is 0.897. The van der Waals surface area contributed by atoms with Gasteiger partial charge < -0.3 is 4.98 Å². The van der Waals surface area contributed by atoms with Gasteiger partial charge >= 0.3 is 0 Å². The number of carbonyl (C=O) groups excluding carboxylic acids is 1. The van der Waals surface area contributed by atoms with Crippen LogP contribution in [-0.2, 0) is 0 Å². The van der Waals surface area contributed by atoms with Crippen LogP contribution in [0.25, 0.3) is 10.9 Å². The molecule has 0 spiro atoms. The Hall–Kier alpha value is -1.65. The smallest absolute Gasteiger partial charge is 0.196 e. The van der Waals surface area contributed by atoms with Crippen LogP contribution in [0.15, 0.2) is 47.1 Å². The summed E-state index contributed by atoms with van der Waals surface area (Å²) in [5.74, 6) is -0.709. The van der Waals surface area contributed by atoms with Crippen LogP contribution >= 0.6 is 27.5 Å². The molecule has 3 rings (SSSR count). The van der Waals surface area contributed by atoms with E-state index in [1.807, 2.05) is 18.2 Å². The van der Waals surface area contributed by atoms with E-state index in [1.165, 1.54) is 12.1 Å². The molecule has 0 fully saturated rings. The molecule has 2 aromatic carbocycles. The lowest BCUT2D eigenvalue weighted by Crippen LogP contribution is -2.02. The SMILES string of the molecule is O=C(c1ccc(F)cc1Cl)c1c[nH]c2cccc(Br)c12. The van der Waals surface area contributed by atoms with Gasteiger partial charge in [-0.3, -0.25) is 4.79 Å². The Morgan fingerprint density at radius 3 is 2.75 bits per heavy atom. The molecule has 0 radical (unpaired) electrons. The molecule has 0 bridgehead atoms. The molecule has 0 amide bonds. The average Bonchev–Trinajstić information content (AvgIpc) is 2.83. The summed E-state index contributed by atoms with van der Waals surface area (Å²) in [6, 6.07) is 9.38. The second-order valence-corrected chi connectivity index (χ2v) is 5.58. The Labute approximate surface area is 127 Å². The molecule has 1 N–H and O–H groups in total. The number of carbonyl (C=O) groups is 1. The second-order valence-electron chi connectivity index (χ2n) is 4.32. The number of rotatable bonds is 2. The molecule has 0 saturated carbocycles. The van der Waals surface area contributed by atoms with Gasteiger partial charge in [0.15, 0.2) is 5.78 Å². The quantitative estimate of drug-likeness (QED) is 0.650. The number of benzene rings is 2. The Balaban J connectivity index is 2.18. The summed E-state index contributed by atoms with van der Waals surface area (Å²) >= 11 is 9.38. The summed E-state index contributed by atoms with van der Waals surface area (Å²) < 4.78 is 13.9. The molecule has 3 aromatic rings. The standard InChI is InChI=1S/C15H8BrClFNO/c16-11-2-1-3-13-14(11)10(7-19-13)15(20)9-5-4-8(18)6-12(9)17/h1-7,19H. The van der Waals surface area contributed by atoms with E-state index in [4.69, 9.17) is 11.6 Å². The van der Waals surface area contributed by atoms with Crippen LogP contribution in [0, 0.1) is 5.82 Å². The molecule has 1 heterocycles. The molecule has 5 heteroatoms. The van der Waals surface area contributed by atoms with Gasteiger partial charge in [-0.05, 0) is 30.3 Å². The van der Waals surface area contributed by atoms with Crippen LogP contribution in [-0.4, -0.2) is 10.8 Å². The second kappa shape index (κ2) is 5.04. The number of aromatic amines is 1. The molecule has 0 aliphatic rings. The van der Waals surface area contributed by atoms with Gasteiger partial charge in [0.2, 0.25) is 0 Å². The largest absolute Gasteiger partial charge is 0.360 e. The molecule has 2 nitrogen and oxygen atoms in total. The van der Waals surface area contributed by atoms with Gasteiger partial charge in [0, 0.05) is 32.7 Å². The summed E-state index contributed by atoms with van der Waals surface area (Å²) in [6.45, 7) is 0. The van der Waals surface area contributed by atoms with Crippen molar-refractivity contribution in [3.8, 4) is 0 Å². The first-order valence-corrected chi connectivity index (χ1v) is 7.00. The number of halogens is 3. The number of ketones is 1. The first-order valence-electron chi connectivity index (χ1n) is 5.83. The number of fused-ring (bicyclic) bond motifs is 1. The summed E-state index contributed by atoms with van der Waals surface area (Å²) in [6.07, 6.45) is 1.64. The highest BCUT2D eigenvalue weighted by atomic mass is 79.9. The van der Waals surface area contributed by atoms with E-state index in [1.54, 1.807) is 6.20 Å². The molecular formula is C15H8BrClFNO. The normalized spacial score (nSPS) is 10.9. The summed E-state index contributed by atoms with van der Waals surface area (Å²) in [5.41, 5.74) is 1.63. The van der Waals surface area contributed by atoms with Crippen molar-refractivity contribution >= 4 is 44.2 Å². The predicted octanol–water partition coefficient (Wildman–Crippen LogP) is 4.95. The van der Waals surface area contributed by atoms with Gasteiger partial charge in [0.05, 0.1) is 5.02 Å². The van der Waals surface area contributed by atoms with Crippen LogP contribution in [0.1, 0.15) is 15.9 Å². The minimum Gasteiger partial charge on any atom is -0.360 e. The highest BCUT2D eigenvalue weighted by Crippen LogP contribution is 2.30. The molecule has 20 heavy (non-hydrogen) atoms. The topological polar surface area (TPSA) is 32.9 Å². The van der Waals surface area contributed by atoms with Gasteiger partial charge in [0.1, 0.15) is 5.82 Å². The Morgan fingerprint density at radius 1 is 1.20 bits per heavy atom. The maximum absolute atomic E-state index is 13.1. The van der Waals surface area contributed by atoms with Crippen molar-refractivity contribution in [2.75, 3.05) is 0 Å². The maximum Gasteiger partial charge on any atom is 0.196 e. The van der Waals surface area contributed by atoms with Gasteiger partial charge in [-0.1, -0.05) is 33.6 Å². The van der Waals surface area contributed by atoms with E-state index in [-0.39, 0.29) is 16.4 Å². The van der Waals surface area contributed by atoms with Crippen molar-refractivity contribution in [1.82, 2.24) is 4.98 Å².